The molecule has 0 saturated heterocycles. The number of methoxy groups -OCH3 is 1. The second-order valence-corrected chi connectivity index (χ2v) is 5.40. The fourth-order valence-corrected chi connectivity index (χ4v) is 2.30. The van der Waals surface area contributed by atoms with E-state index in [1.807, 2.05) is 0 Å². The average molecular weight is 361 g/mol. The molecule has 0 atom stereocenters. The molecule has 0 unspecified atom stereocenters. The molecule has 6 nitrogen and oxygen atoms in total. The van der Waals surface area contributed by atoms with Crippen LogP contribution in [0.5, 0.6) is 0 Å². The molecule has 1 amide bonds. The Morgan fingerprint density at radius 3 is 2.83 bits per heavy atom. The Morgan fingerprint density at radius 2 is 2.13 bits per heavy atom. The van der Waals surface area contributed by atoms with Gasteiger partial charge in [-0.25, -0.2) is 9.37 Å². The van der Waals surface area contributed by atoms with E-state index in [2.05, 4.69) is 20.5 Å². The third kappa shape index (κ3) is 6.55. The number of amides is 1. The van der Waals surface area contributed by atoms with Gasteiger partial charge in [0.05, 0.1) is 5.75 Å². The van der Waals surface area contributed by atoms with Crippen LogP contribution in [0.3, 0.4) is 0 Å². The van der Waals surface area contributed by atoms with Crippen LogP contribution in [0.4, 0.5) is 4.39 Å². The molecule has 23 heavy (non-hydrogen) atoms. The molecule has 9 heteroatoms. The molecule has 2 N–H and O–H groups in total. The van der Waals surface area contributed by atoms with Gasteiger partial charge in [-0.15, -0.1) is 17.5 Å². The molecule has 0 radical (unpaired) electrons. The van der Waals surface area contributed by atoms with Crippen LogP contribution in [-0.2, 0) is 9.53 Å². The highest BCUT2D eigenvalue weighted by molar-refractivity contribution is 7.99. The Kier molecular flexibility index (Phi) is 8.60. The minimum atomic E-state index is -0.303. The summed E-state index contributed by atoms with van der Waals surface area (Å²) in [5.74, 6) is 0.411. The van der Waals surface area contributed by atoms with E-state index in [0.717, 1.165) is 12.0 Å². The number of halogens is 2. The van der Waals surface area contributed by atoms with E-state index in [9.17, 15) is 9.18 Å². The number of nitrogens with one attached hydrogen (secondary N) is 2. The van der Waals surface area contributed by atoms with Crippen molar-refractivity contribution in [3.63, 3.8) is 0 Å². The monoisotopic (exact) mass is 360 g/mol. The van der Waals surface area contributed by atoms with Gasteiger partial charge in [0.2, 0.25) is 11.1 Å². The van der Waals surface area contributed by atoms with Crippen molar-refractivity contribution in [1.29, 1.82) is 0 Å². The summed E-state index contributed by atoms with van der Waals surface area (Å²) < 4.78 is 17.8. The zero-order valence-electron chi connectivity index (χ0n) is 12.5. The summed E-state index contributed by atoms with van der Waals surface area (Å²) in [6.45, 7) is 1.21. The minimum absolute atomic E-state index is 0. The highest BCUT2D eigenvalue weighted by Crippen LogP contribution is 2.19. The van der Waals surface area contributed by atoms with Gasteiger partial charge in [-0.1, -0.05) is 11.8 Å². The Hall–Kier alpha value is -1.64. The maximum atomic E-state index is 12.9. The lowest BCUT2D eigenvalue weighted by Gasteiger charge is -2.02. The number of rotatable bonds is 8. The summed E-state index contributed by atoms with van der Waals surface area (Å²) in [4.78, 5) is 15.9. The van der Waals surface area contributed by atoms with E-state index in [4.69, 9.17) is 4.74 Å². The maximum Gasteiger partial charge on any atom is 0.230 e. The Morgan fingerprint density at radius 1 is 1.39 bits per heavy atom. The average Bonchev–Trinajstić information content (AvgIpc) is 2.99. The second kappa shape index (κ2) is 10.2. The number of carbonyl (C=O) groups excluding carboxylic acids is 1. The van der Waals surface area contributed by atoms with Gasteiger partial charge in [-0.05, 0) is 30.7 Å². The van der Waals surface area contributed by atoms with Crippen molar-refractivity contribution in [3.05, 3.63) is 30.1 Å². The van der Waals surface area contributed by atoms with Crippen LogP contribution in [-0.4, -0.2) is 47.1 Å². The first-order valence-electron chi connectivity index (χ1n) is 6.76. The Bertz CT molecular complexity index is 609. The van der Waals surface area contributed by atoms with Crippen molar-refractivity contribution < 1.29 is 13.9 Å². The fourth-order valence-electron chi connectivity index (χ4n) is 1.67. The van der Waals surface area contributed by atoms with Crippen molar-refractivity contribution in [2.45, 2.75) is 11.6 Å². The summed E-state index contributed by atoms with van der Waals surface area (Å²) in [6.07, 6.45) is 0.780. The molecule has 1 aromatic heterocycles. The van der Waals surface area contributed by atoms with Crippen LogP contribution in [0.15, 0.2) is 29.4 Å². The first kappa shape index (κ1) is 19.4. The second-order valence-electron chi connectivity index (χ2n) is 4.46. The van der Waals surface area contributed by atoms with Crippen molar-refractivity contribution >= 4 is 30.1 Å². The van der Waals surface area contributed by atoms with E-state index in [-0.39, 0.29) is 29.9 Å². The molecule has 0 fully saturated rings. The standard InChI is InChI=1S/C14H17FN4O2S.ClH/c1-21-8-2-7-16-12(20)9-22-14-17-13(18-19-14)10-3-5-11(15)6-4-10;/h3-6H,2,7-9H2,1H3,(H,16,20)(H,17,18,19);1H. The molecular formula is C14H18ClFN4O2S. The van der Waals surface area contributed by atoms with Crippen LogP contribution < -0.4 is 5.32 Å². The van der Waals surface area contributed by atoms with Gasteiger partial charge in [-0.2, -0.15) is 0 Å². The summed E-state index contributed by atoms with van der Waals surface area (Å²) in [6, 6.07) is 5.95. The zero-order valence-corrected chi connectivity index (χ0v) is 14.2. The SMILES string of the molecule is COCCCNC(=O)CSc1n[nH]c(-c2ccc(F)cc2)n1.Cl. The van der Waals surface area contributed by atoms with E-state index < -0.39 is 0 Å². The van der Waals surface area contributed by atoms with Gasteiger partial charge in [0.15, 0.2) is 5.82 Å². The van der Waals surface area contributed by atoms with Crippen molar-refractivity contribution in [2.24, 2.45) is 0 Å². The molecule has 2 aromatic rings. The highest BCUT2D eigenvalue weighted by atomic mass is 35.5. The number of thioether (sulfide) groups is 1. The van der Waals surface area contributed by atoms with E-state index in [1.54, 1.807) is 19.2 Å². The fraction of sp³-hybridized carbons (Fsp3) is 0.357. The summed E-state index contributed by atoms with van der Waals surface area (Å²) in [7, 11) is 1.62. The van der Waals surface area contributed by atoms with Gasteiger partial charge in [0, 0.05) is 25.8 Å². The molecule has 2 rings (SSSR count). The van der Waals surface area contributed by atoms with Gasteiger partial charge in [-0.3, -0.25) is 9.89 Å². The zero-order chi connectivity index (χ0) is 15.8. The molecule has 0 saturated carbocycles. The normalized spacial score (nSPS) is 10.2. The topological polar surface area (TPSA) is 79.9 Å². The minimum Gasteiger partial charge on any atom is -0.385 e. The van der Waals surface area contributed by atoms with Crippen LogP contribution in [0.1, 0.15) is 6.42 Å². The molecule has 0 aliphatic carbocycles. The molecule has 1 aromatic carbocycles. The molecule has 0 aliphatic heterocycles. The highest BCUT2D eigenvalue weighted by Gasteiger charge is 2.08. The van der Waals surface area contributed by atoms with E-state index in [0.29, 0.717) is 24.1 Å². The lowest BCUT2D eigenvalue weighted by atomic mass is 10.2. The molecule has 1 heterocycles. The largest absolute Gasteiger partial charge is 0.385 e. The number of aromatic nitrogens is 3. The quantitative estimate of drug-likeness (QED) is 0.557. The lowest BCUT2D eigenvalue weighted by molar-refractivity contribution is -0.118. The molecule has 126 valence electrons. The number of aromatic amines is 1. The van der Waals surface area contributed by atoms with Crippen molar-refractivity contribution in [1.82, 2.24) is 20.5 Å². The van der Waals surface area contributed by atoms with Gasteiger partial charge < -0.3 is 10.1 Å². The number of benzene rings is 1. The Balaban J connectivity index is 0.00000264. The smallest absolute Gasteiger partial charge is 0.230 e. The predicted molar refractivity (Wildman–Crippen MR) is 89.3 cm³/mol. The first-order valence-corrected chi connectivity index (χ1v) is 7.74. The number of nitrogens with zero attached hydrogens (tertiary/aromatic N) is 2. The molecular weight excluding hydrogens is 343 g/mol. The van der Waals surface area contributed by atoms with Crippen LogP contribution in [0.25, 0.3) is 11.4 Å². The van der Waals surface area contributed by atoms with Crippen molar-refractivity contribution in [3.8, 4) is 11.4 Å². The van der Waals surface area contributed by atoms with Gasteiger partial charge in [0.1, 0.15) is 5.82 Å². The van der Waals surface area contributed by atoms with E-state index >= 15 is 0 Å². The summed E-state index contributed by atoms with van der Waals surface area (Å²) in [5.41, 5.74) is 0.741. The number of H-pyrrole nitrogens is 1. The predicted octanol–water partition coefficient (Wildman–Crippen LogP) is 2.28. The molecule has 0 bridgehead atoms. The lowest BCUT2D eigenvalue weighted by Crippen LogP contribution is -2.26. The van der Waals surface area contributed by atoms with E-state index in [1.165, 1.54) is 23.9 Å². The van der Waals surface area contributed by atoms with Crippen LogP contribution in [0.2, 0.25) is 0 Å². The number of hydrogen-bond acceptors (Lipinski definition) is 5. The third-order valence-electron chi connectivity index (χ3n) is 2.76. The number of carbonyl (C=O) groups is 1. The molecule has 0 spiro atoms. The third-order valence-corrected chi connectivity index (χ3v) is 3.61. The summed E-state index contributed by atoms with van der Waals surface area (Å²) in [5, 5.41) is 10.1. The maximum absolute atomic E-state index is 12.9. The van der Waals surface area contributed by atoms with Crippen molar-refractivity contribution in [2.75, 3.05) is 26.0 Å². The number of hydrogen-bond donors (Lipinski definition) is 2. The summed E-state index contributed by atoms with van der Waals surface area (Å²) >= 11 is 1.24. The molecule has 0 aliphatic rings. The Labute approximate surface area is 144 Å². The number of ether oxygens (including phenoxy) is 1. The first-order chi connectivity index (χ1) is 10.7. The van der Waals surface area contributed by atoms with Crippen LogP contribution >= 0.6 is 24.2 Å². The van der Waals surface area contributed by atoms with Gasteiger partial charge in [0.25, 0.3) is 0 Å². The van der Waals surface area contributed by atoms with Crippen LogP contribution in [0, 0.1) is 5.82 Å². The van der Waals surface area contributed by atoms with Gasteiger partial charge >= 0.3 is 0 Å².